The van der Waals surface area contributed by atoms with Crippen molar-refractivity contribution in [3.05, 3.63) is 29.3 Å². The first-order chi connectivity index (χ1) is 7.42. The van der Waals surface area contributed by atoms with Crippen LogP contribution in [0.4, 0.5) is 0 Å². The highest BCUT2D eigenvalue weighted by Crippen LogP contribution is 2.28. The van der Waals surface area contributed by atoms with E-state index in [1.807, 2.05) is 6.07 Å². The Labute approximate surface area is 93.3 Å². The first-order valence-electron chi connectivity index (χ1n) is 5.47. The van der Waals surface area contributed by atoms with Crippen molar-refractivity contribution in [3.63, 3.8) is 0 Å². The fraction of sp³-hybridized carbons (Fsp3) is 0.417. The molecule has 0 unspecified atom stereocenters. The highest BCUT2D eigenvalue weighted by Gasteiger charge is 2.20. The first-order valence-corrected chi connectivity index (χ1v) is 6.28. The summed E-state index contributed by atoms with van der Waals surface area (Å²) in [5.74, 6) is 0.944. The van der Waals surface area contributed by atoms with Crippen molar-refractivity contribution in [1.29, 1.82) is 0 Å². The predicted molar refractivity (Wildman–Crippen MR) is 64.1 cm³/mol. The molecule has 1 fully saturated rings. The van der Waals surface area contributed by atoms with E-state index < -0.39 is 0 Å². The highest BCUT2D eigenvalue weighted by atomic mass is 32.1. The molecule has 1 aliphatic carbocycles. The molecule has 0 bridgehead atoms. The molecule has 78 valence electrons. The van der Waals surface area contributed by atoms with E-state index in [4.69, 9.17) is 0 Å². The number of aromatic nitrogens is 1. The summed E-state index contributed by atoms with van der Waals surface area (Å²) in [6.07, 6.45) is 2.82. The third kappa shape index (κ3) is 2.19. The summed E-state index contributed by atoms with van der Waals surface area (Å²) in [6, 6.07) is 8.33. The Balaban J connectivity index is 1.68. The van der Waals surface area contributed by atoms with Crippen LogP contribution in [0.1, 0.15) is 17.8 Å². The molecule has 0 atom stereocenters. The highest BCUT2D eigenvalue weighted by molar-refractivity contribution is 7.18. The second kappa shape index (κ2) is 3.91. The molecule has 0 radical (unpaired) electrons. The first kappa shape index (κ1) is 9.31. The Morgan fingerprint density at radius 2 is 2.20 bits per heavy atom. The average Bonchev–Trinajstić information content (AvgIpc) is 2.97. The summed E-state index contributed by atoms with van der Waals surface area (Å²) in [4.78, 5) is 4.59. The van der Waals surface area contributed by atoms with Crippen molar-refractivity contribution in [1.82, 2.24) is 10.3 Å². The zero-order valence-corrected chi connectivity index (χ0v) is 9.39. The van der Waals surface area contributed by atoms with Crippen molar-refractivity contribution in [2.45, 2.75) is 19.4 Å². The molecule has 1 aromatic carbocycles. The zero-order valence-electron chi connectivity index (χ0n) is 8.57. The Bertz CT molecular complexity index is 426. The van der Waals surface area contributed by atoms with Crippen molar-refractivity contribution >= 4 is 21.6 Å². The Kier molecular flexibility index (Phi) is 2.43. The molecular weight excluding hydrogens is 204 g/mol. The normalized spacial score (nSPS) is 16.0. The number of benzene rings is 1. The van der Waals surface area contributed by atoms with Gasteiger partial charge in [0.1, 0.15) is 5.01 Å². The minimum atomic E-state index is 0.926. The van der Waals surface area contributed by atoms with Crippen LogP contribution < -0.4 is 5.32 Å². The number of hydrogen-bond acceptors (Lipinski definition) is 3. The van der Waals surface area contributed by atoms with Crippen LogP contribution in [-0.2, 0) is 6.54 Å². The van der Waals surface area contributed by atoms with Crippen LogP contribution in [0, 0.1) is 5.92 Å². The van der Waals surface area contributed by atoms with Crippen molar-refractivity contribution in [3.8, 4) is 0 Å². The maximum absolute atomic E-state index is 4.59. The molecule has 15 heavy (non-hydrogen) atoms. The van der Waals surface area contributed by atoms with Crippen LogP contribution in [0.5, 0.6) is 0 Å². The number of para-hydroxylation sites is 1. The maximum Gasteiger partial charge on any atom is 0.108 e. The van der Waals surface area contributed by atoms with Gasteiger partial charge in [0, 0.05) is 6.54 Å². The summed E-state index contributed by atoms with van der Waals surface area (Å²) in [7, 11) is 0. The predicted octanol–water partition coefficient (Wildman–Crippen LogP) is 2.80. The molecule has 1 heterocycles. The van der Waals surface area contributed by atoms with E-state index in [0.717, 1.165) is 24.5 Å². The van der Waals surface area contributed by atoms with Crippen LogP contribution >= 0.6 is 11.3 Å². The molecule has 0 saturated heterocycles. The molecule has 0 spiro atoms. The lowest BCUT2D eigenvalue weighted by Gasteiger charge is -1.98. The van der Waals surface area contributed by atoms with E-state index >= 15 is 0 Å². The lowest BCUT2D eigenvalue weighted by atomic mass is 10.3. The zero-order chi connectivity index (χ0) is 10.1. The van der Waals surface area contributed by atoms with Gasteiger partial charge in [0.25, 0.3) is 0 Å². The molecule has 3 rings (SSSR count). The number of hydrogen-bond donors (Lipinski definition) is 1. The fourth-order valence-electron chi connectivity index (χ4n) is 1.70. The fourth-order valence-corrected chi connectivity index (χ4v) is 2.64. The summed E-state index contributed by atoms with van der Waals surface area (Å²) in [5, 5.41) is 4.68. The Morgan fingerprint density at radius 1 is 1.33 bits per heavy atom. The van der Waals surface area contributed by atoms with Crippen molar-refractivity contribution in [2.24, 2.45) is 5.92 Å². The van der Waals surface area contributed by atoms with Crippen LogP contribution in [0.15, 0.2) is 24.3 Å². The van der Waals surface area contributed by atoms with E-state index in [-0.39, 0.29) is 0 Å². The Morgan fingerprint density at radius 3 is 3.00 bits per heavy atom. The van der Waals surface area contributed by atoms with Crippen LogP contribution in [0.3, 0.4) is 0 Å². The molecule has 1 N–H and O–H groups in total. The maximum atomic E-state index is 4.59. The third-order valence-corrected chi connectivity index (χ3v) is 3.78. The van der Waals surface area contributed by atoms with Crippen molar-refractivity contribution < 1.29 is 0 Å². The molecule has 0 amide bonds. The second-order valence-electron chi connectivity index (χ2n) is 4.15. The van der Waals surface area contributed by atoms with Gasteiger partial charge >= 0.3 is 0 Å². The van der Waals surface area contributed by atoms with Gasteiger partial charge in [-0.25, -0.2) is 4.98 Å². The monoisotopic (exact) mass is 218 g/mol. The van der Waals surface area contributed by atoms with Gasteiger partial charge in [-0.3, -0.25) is 0 Å². The molecule has 1 saturated carbocycles. The average molecular weight is 218 g/mol. The number of thiazole rings is 1. The SMILES string of the molecule is c1ccc2sc(CNCC3CC3)nc2c1. The molecule has 1 aliphatic rings. The Hall–Kier alpha value is -0.930. The van der Waals surface area contributed by atoms with Crippen molar-refractivity contribution in [2.75, 3.05) is 6.54 Å². The van der Waals surface area contributed by atoms with Crippen LogP contribution in [-0.4, -0.2) is 11.5 Å². The minimum absolute atomic E-state index is 0.926. The molecule has 3 heteroatoms. The standard InChI is InChI=1S/C12H14N2S/c1-2-4-11-10(3-1)14-12(15-11)8-13-7-9-5-6-9/h1-4,9,13H,5-8H2. The summed E-state index contributed by atoms with van der Waals surface area (Å²) >= 11 is 1.80. The van der Waals surface area contributed by atoms with Crippen LogP contribution in [0.2, 0.25) is 0 Å². The van der Waals surface area contributed by atoms with Gasteiger partial charge in [0.15, 0.2) is 0 Å². The quantitative estimate of drug-likeness (QED) is 0.853. The summed E-state index contributed by atoms with van der Waals surface area (Å²) < 4.78 is 1.29. The minimum Gasteiger partial charge on any atom is -0.310 e. The molecule has 1 aromatic heterocycles. The molecule has 0 aliphatic heterocycles. The molecule has 2 nitrogen and oxygen atoms in total. The number of nitrogens with zero attached hydrogens (tertiary/aromatic N) is 1. The van der Waals surface area contributed by atoms with E-state index in [0.29, 0.717) is 0 Å². The van der Waals surface area contributed by atoms with Crippen LogP contribution in [0.25, 0.3) is 10.2 Å². The summed E-state index contributed by atoms with van der Waals surface area (Å²) in [6.45, 7) is 2.09. The van der Waals surface area contributed by atoms with E-state index in [9.17, 15) is 0 Å². The van der Waals surface area contributed by atoms with E-state index in [1.54, 1.807) is 11.3 Å². The van der Waals surface area contributed by atoms with Gasteiger partial charge < -0.3 is 5.32 Å². The lowest BCUT2D eigenvalue weighted by Crippen LogP contribution is -2.15. The van der Waals surface area contributed by atoms with Gasteiger partial charge in [0.05, 0.1) is 10.2 Å². The van der Waals surface area contributed by atoms with Gasteiger partial charge in [0.2, 0.25) is 0 Å². The van der Waals surface area contributed by atoms with Gasteiger partial charge in [-0.2, -0.15) is 0 Å². The molecule has 2 aromatic rings. The van der Waals surface area contributed by atoms with E-state index in [1.165, 1.54) is 22.5 Å². The van der Waals surface area contributed by atoms with E-state index in [2.05, 4.69) is 28.5 Å². The summed E-state index contributed by atoms with van der Waals surface area (Å²) in [5.41, 5.74) is 1.13. The largest absolute Gasteiger partial charge is 0.310 e. The van der Waals surface area contributed by atoms with Gasteiger partial charge in [-0.1, -0.05) is 12.1 Å². The number of rotatable bonds is 4. The third-order valence-electron chi connectivity index (χ3n) is 2.74. The van der Waals surface area contributed by atoms with Gasteiger partial charge in [-0.05, 0) is 37.4 Å². The number of nitrogens with one attached hydrogen (secondary N) is 1. The van der Waals surface area contributed by atoms with Gasteiger partial charge in [-0.15, -0.1) is 11.3 Å². The second-order valence-corrected chi connectivity index (χ2v) is 5.26. The number of fused-ring (bicyclic) bond motifs is 1. The molecular formula is C12H14N2S. The smallest absolute Gasteiger partial charge is 0.108 e. The topological polar surface area (TPSA) is 24.9 Å². The lowest BCUT2D eigenvalue weighted by molar-refractivity contribution is 0.637.